The molecule has 6 heteroatoms. The monoisotopic (exact) mass is 514 g/mol. The van der Waals surface area contributed by atoms with Crippen LogP contribution >= 0.6 is 24.0 Å². The van der Waals surface area contributed by atoms with Gasteiger partial charge in [-0.15, -0.1) is 24.0 Å². The normalized spacial score (nSPS) is 22.4. The van der Waals surface area contributed by atoms with Crippen LogP contribution in [-0.4, -0.2) is 55.0 Å². The van der Waals surface area contributed by atoms with E-state index in [1.54, 1.807) is 12.1 Å². The van der Waals surface area contributed by atoms with Crippen molar-refractivity contribution in [3.8, 4) is 0 Å². The molecule has 1 N–H and O–H groups in total. The SMILES string of the molecule is CCNC(=NCC1CCN(Cc2ccccc2F)CC1)N1CCC2(CCC2)C1.I. The maximum Gasteiger partial charge on any atom is 0.193 e. The van der Waals surface area contributed by atoms with E-state index in [9.17, 15) is 4.39 Å². The Balaban J connectivity index is 0.00000240. The predicted molar refractivity (Wildman–Crippen MR) is 128 cm³/mol. The van der Waals surface area contributed by atoms with Gasteiger partial charge in [-0.1, -0.05) is 24.6 Å². The van der Waals surface area contributed by atoms with E-state index in [4.69, 9.17) is 4.99 Å². The third-order valence-electron chi connectivity index (χ3n) is 7.05. The van der Waals surface area contributed by atoms with Crippen molar-refractivity contribution in [1.29, 1.82) is 0 Å². The lowest BCUT2D eigenvalue weighted by molar-refractivity contribution is 0.151. The first-order valence-electron chi connectivity index (χ1n) is 11.2. The molecule has 0 aromatic heterocycles. The van der Waals surface area contributed by atoms with Crippen LogP contribution < -0.4 is 5.32 Å². The maximum absolute atomic E-state index is 13.9. The molecule has 2 saturated heterocycles. The van der Waals surface area contributed by atoms with Gasteiger partial charge in [-0.3, -0.25) is 9.89 Å². The Morgan fingerprint density at radius 3 is 2.55 bits per heavy atom. The molecule has 0 unspecified atom stereocenters. The highest BCUT2D eigenvalue weighted by Gasteiger charge is 2.43. The molecule has 0 bridgehead atoms. The lowest BCUT2D eigenvalue weighted by Gasteiger charge is -2.38. The Morgan fingerprint density at radius 2 is 1.93 bits per heavy atom. The zero-order valence-electron chi connectivity index (χ0n) is 17.7. The number of aliphatic imine (C=N–C) groups is 1. The lowest BCUT2D eigenvalue weighted by Crippen LogP contribution is -2.43. The van der Waals surface area contributed by atoms with Crippen LogP contribution in [0.5, 0.6) is 0 Å². The van der Waals surface area contributed by atoms with Crippen molar-refractivity contribution >= 4 is 29.9 Å². The smallest absolute Gasteiger partial charge is 0.193 e. The maximum atomic E-state index is 13.9. The van der Waals surface area contributed by atoms with Crippen molar-refractivity contribution in [1.82, 2.24) is 15.1 Å². The second-order valence-corrected chi connectivity index (χ2v) is 9.03. The fourth-order valence-electron chi connectivity index (χ4n) is 5.04. The van der Waals surface area contributed by atoms with Crippen molar-refractivity contribution in [2.45, 2.75) is 52.0 Å². The van der Waals surface area contributed by atoms with Gasteiger partial charge in [0.05, 0.1) is 0 Å². The molecule has 4 rings (SSSR count). The largest absolute Gasteiger partial charge is 0.357 e. The number of nitrogens with one attached hydrogen (secondary N) is 1. The first-order chi connectivity index (χ1) is 13.7. The van der Waals surface area contributed by atoms with Gasteiger partial charge in [0, 0.05) is 38.3 Å². The van der Waals surface area contributed by atoms with Gasteiger partial charge in [-0.25, -0.2) is 4.39 Å². The molecule has 4 nitrogen and oxygen atoms in total. The number of hydrogen-bond donors (Lipinski definition) is 1. The van der Waals surface area contributed by atoms with E-state index >= 15 is 0 Å². The van der Waals surface area contributed by atoms with Crippen LogP contribution in [0.3, 0.4) is 0 Å². The van der Waals surface area contributed by atoms with E-state index in [1.807, 2.05) is 12.1 Å². The molecular weight excluding hydrogens is 478 g/mol. The van der Waals surface area contributed by atoms with E-state index in [-0.39, 0.29) is 29.8 Å². The molecule has 0 radical (unpaired) electrons. The van der Waals surface area contributed by atoms with Crippen LogP contribution in [0.15, 0.2) is 29.3 Å². The number of nitrogens with zero attached hydrogens (tertiary/aromatic N) is 3. The summed E-state index contributed by atoms with van der Waals surface area (Å²) in [5, 5.41) is 3.52. The number of hydrogen-bond acceptors (Lipinski definition) is 2. The van der Waals surface area contributed by atoms with Crippen LogP contribution in [0.2, 0.25) is 0 Å². The minimum Gasteiger partial charge on any atom is -0.357 e. The minimum absolute atomic E-state index is 0. The van der Waals surface area contributed by atoms with Crippen molar-refractivity contribution in [3.05, 3.63) is 35.6 Å². The van der Waals surface area contributed by atoms with Crippen LogP contribution in [-0.2, 0) is 6.54 Å². The molecule has 3 fully saturated rings. The summed E-state index contributed by atoms with van der Waals surface area (Å²) in [7, 11) is 0. The Hall–Kier alpha value is -0.890. The minimum atomic E-state index is -0.0839. The molecule has 1 spiro atoms. The van der Waals surface area contributed by atoms with Gasteiger partial charge in [0.2, 0.25) is 0 Å². The molecule has 3 aliphatic rings. The Kier molecular flexibility index (Phi) is 8.19. The van der Waals surface area contributed by atoms with E-state index < -0.39 is 0 Å². The number of piperidine rings is 1. The second-order valence-electron chi connectivity index (χ2n) is 9.03. The summed E-state index contributed by atoms with van der Waals surface area (Å²) >= 11 is 0. The van der Waals surface area contributed by atoms with E-state index in [0.29, 0.717) is 11.3 Å². The number of benzene rings is 1. The summed E-state index contributed by atoms with van der Waals surface area (Å²) in [6.45, 7) is 9.17. The molecule has 1 aromatic rings. The number of guanidine groups is 1. The van der Waals surface area contributed by atoms with Crippen LogP contribution in [0.1, 0.15) is 51.0 Å². The summed E-state index contributed by atoms with van der Waals surface area (Å²) in [5.41, 5.74) is 1.42. The molecule has 1 saturated carbocycles. The molecule has 0 amide bonds. The summed E-state index contributed by atoms with van der Waals surface area (Å²) in [5.74, 6) is 1.69. The van der Waals surface area contributed by atoms with E-state index in [2.05, 4.69) is 22.0 Å². The van der Waals surface area contributed by atoms with Gasteiger partial charge < -0.3 is 10.2 Å². The van der Waals surface area contributed by atoms with Crippen LogP contribution in [0.4, 0.5) is 4.39 Å². The third-order valence-corrected chi connectivity index (χ3v) is 7.05. The molecule has 2 heterocycles. The van der Waals surface area contributed by atoms with Crippen molar-refractivity contribution in [2.75, 3.05) is 39.3 Å². The molecule has 0 atom stereocenters. The Bertz CT molecular complexity index is 683. The second kappa shape index (κ2) is 10.4. The Labute approximate surface area is 192 Å². The lowest BCUT2D eigenvalue weighted by atomic mass is 9.68. The Morgan fingerprint density at radius 1 is 1.17 bits per heavy atom. The van der Waals surface area contributed by atoms with Crippen LogP contribution in [0, 0.1) is 17.2 Å². The van der Waals surface area contributed by atoms with Gasteiger partial charge in [0.15, 0.2) is 5.96 Å². The highest BCUT2D eigenvalue weighted by Crippen LogP contribution is 2.47. The average molecular weight is 514 g/mol. The van der Waals surface area contributed by atoms with Crippen molar-refractivity contribution in [3.63, 3.8) is 0 Å². The summed E-state index contributed by atoms with van der Waals surface area (Å²) < 4.78 is 13.9. The molecule has 162 valence electrons. The van der Waals surface area contributed by atoms with Gasteiger partial charge in [0.1, 0.15) is 5.82 Å². The fraction of sp³-hybridized carbons (Fsp3) is 0.696. The first kappa shape index (κ1) is 22.8. The molecule has 2 aliphatic heterocycles. The summed E-state index contributed by atoms with van der Waals surface area (Å²) in [4.78, 5) is 9.89. The zero-order valence-corrected chi connectivity index (χ0v) is 20.0. The number of likely N-dealkylation sites (tertiary alicyclic amines) is 2. The fourth-order valence-corrected chi connectivity index (χ4v) is 5.04. The molecule has 1 aromatic carbocycles. The van der Waals surface area contributed by atoms with Crippen molar-refractivity contribution in [2.24, 2.45) is 16.3 Å². The van der Waals surface area contributed by atoms with Gasteiger partial charge in [-0.05, 0) is 69.5 Å². The van der Waals surface area contributed by atoms with E-state index in [0.717, 1.165) is 63.6 Å². The molecule has 29 heavy (non-hydrogen) atoms. The average Bonchev–Trinajstić information content (AvgIpc) is 3.14. The topological polar surface area (TPSA) is 30.9 Å². The molecular formula is C23H36FIN4. The first-order valence-corrected chi connectivity index (χ1v) is 11.2. The predicted octanol–water partition coefficient (Wildman–Crippen LogP) is 4.50. The number of rotatable bonds is 5. The van der Waals surface area contributed by atoms with Gasteiger partial charge >= 0.3 is 0 Å². The third kappa shape index (κ3) is 5.63. The van der Waals surface area contributed by atoms with Gasteiger partial charge in [-0.2, -0.15) is 0 Å². The van der Waals surface area contributed by atoms with Crippen LogP contribution in [0.25, 0.3) is 0 Å². The standard InChI is InChI=1S/C23H35FN4.HI/c1-2-25-22(28-15-12-23(18-28)10-5-11-23)26-16-19-8-13-27(14-9-19)17-20-6-3-4-7-21(20)24;/h3-4,6-7,19H,2,5,8-18H2,1H3,(H,25,26);1H. The van der Waals surface area contributed by atoms with Gasteiger partial charge in [0.25, 0.3) is 0 Å². The number of halogens is 2. The molecule has 1 aliphatic carbocycles. The van der Waals surface area contributed by atoms with Crippen molar-refractivity contribution < 1.29 is 4.39 Å². The summed E-state index contributed by atoms with van der Waals surface area (Å²) in [6, 6.07) is 7.15. The van der Waals surface area contributed by atoms with E-state index in [1.165, 1.54) is 32.2 Å². The highest BCUT2D eigenvalue weighted by atomic mass is 127. The quantitative estimate of drug-likeness (QED) is 0.357. The highest BCUT2D eigenvalue weighted by molar-refractivity contribution is 14.0. The zero-order chi connectivity index (χ0) is 19.4. The summed E-state index contributed by atoms with van der Waals surface area (Å²) in [6.07, 6.45) is 7.87.